The van der Waals surface area contributed by atoms with Gasteiger partial charge in [0.2, 0.25) is 0 Å². The molecule has 0 fully saturated rings. The molecule has 2 rings (SSSR count). The molecular weight excluding hydrogens is 220 g/mol. The van der Waals surface area contributed by atoms with Crippen LogP contribution >= 0.6 is 0 Å². The van der Waals surface area contributed by atoms with Crippen LogP contribution in [0.3, 0.4) is 0 Å². The smallest absolute Gasteiger partial charge is 0.170 e. The number of hydrogen-bond donors (Lipinski definition) is 0. The molecule has 0 aliphatic rings. The molecule has 1 atom stereocenters. The monoisotopic (exact) mass is 238 g/mol. The molecule has 0 radical (unpaired) electrons. The van der Waals surface area contributed by atoms with Gasteiger partial charge in [0.15, 0.2) is 5.78 Å². The number of rotatable bonds is 4. The molecular formula is C17H18O. The Kier molecular flexibility index (Phi) is 3.93. The zero-order valence-corrected chi connectivity index (χ0v) is 10.9. The maximum absolute atomic E-state index is 12.3. The fraction of sp³-hybridized carbons (Fsp3) is 0.235. The second kappa shape index (κ2) is 5.63. The van der Waals surface area contributed by atoms with E-state index in [1.165, 1.54) is 5.56 Å². The highest BCUT2D eigenvalue weighted by molar-refractivity contribution is 6.00. The molecule has 0 aliphatic heterocycles. The first-order valence-electron chi connectivity index (χ1n) is 6.40. The molecule has 2 aromatic rings. The first-order valence-corrected chi connectivity index (χ1v) is 6.40. The Bertz CT molecular complexity index is 511. The second-order valence-corrected chi connectivity index (χ2v) is 4.55. The lowest BCUT2D eigenvalue weighted by molar-refractivity contribution is 0.0966. The van der Waals surface area contributed by atoms with E-state index in [1.807, 2.05) is 37.3 Å². The molecule has 0 aromatic heterocycles. The Balaban J connectivity index is 2.20. The molecule has 0 amide bonds. The fourth-order valence-corrected chi connectivity index (χ4v) is 2.05. The zero-order chi connectivity index (χ0) is 13.0. The number of Topliss-reactive ketones (excluding diaryl/α,β-unsaturated/α-hetero) is 1. The zero-order valence-electron chi connectivity index (χ0n) is 10.9. The summed E-state index contributed by atoms with van der Waals surface area (Å²) in [6, 6.07) is 17.8. The van der Waals surface area contributed by atoms with Crippen molar-refractivity contribution in [3.63, 3.8) is 0 Å². The van der Waals surface area contributed by atoms with Gasteiger partial charge < -0.3 is 0 Å². The third-order valence-electron chi connectivity index (χ3n) is 3.34. The van der Waals surface area contributed by atoms with Gasteiger partial charge in [-0.2, -0.15) is 0 Å². The first kappa shape index (κ1) is 12.6. The van der Waals surface area contributed by atoms with Gasteiger partial charge in [-0.15, -0.1) is 0 Å². The first-order chi connectivity index (χ1) is 8.72. The molecule has 0 N–H and O–H groups in total. The maximum atomic E-state index is 12.3. The van der Waals surface area contributed by atoms with E-state index in [-0.39, 0.29) is 11.7 Å². The SMILES string of the molecule is CCc1ccc(C(C)C(=O)c2ccccc2)cc1. The minimum atomic E-state index is -0.0849. The van der Waals surface area contributed by atoms with E-state index in [4.69, 9.17) is 0 Å². The van der Waals surface area contributed by atoms with Crippen molar-refractivity contribution >= 4 is 5.78 Å². The number of carbonyl (C=O) groups excluding carboxylic acids is 1. The predicted molar refractivity (Wildman–Crippen MR) is 75.0 cm³/mol. The molecule has 1 heteroatoms. The topological polar surface area (TPSA) is 17.1 Å². The Morgan fingerprint density at radius 3 is 2.17 bits per heavy atom. The summed E-state index contributed by atoms with van der Waals surface area (Å²) in [5.74, 6) is 0.0955. The summed E-state index contributed by atoms with van der Waals surface area (Å²) in [6.07, 6.45) is 1.03. The summed E-state index contributed by atoms with van der Waals surface area (Å²) >= 11 is 0. The minimum Gasteiger partial charge on any atom is -0.294 e. The number of benzene rings is 2. The number of aryl methyl sites for hydroxylation is 1. The molecule has 0 aliphatic carbocycles. The van der Waals surface area contributed by atoms with E-state index in [1.54, 1.807) is 0 Å². The lowest BCUT2D eigenvalue weighted by Gasteiger charge is -2.11. The van der Waals surface area contributed by atoms with Gasteiger partial charge in [0.1, 0.15) is 0 Å². The molecule has 0 spiro atoms. The van der Waals surface area contributed by atoms with Gasteiger partial charge in [0.05, 0.1) is 0 Å². The largest absolute Gasteiger partial charge is 0.294 e. The predicted octanol–water partition coefficient (Wildman–Crippen LogP) is 4.24. The van der Waals surface area contributed by atoms with Crippen LogP contribution in [-0.2, 0) is 6.42 Å². The van der Waals surface area contributed by atoms with Crippen LogP contribution in [0.15, 0.2) is 54.6 Å². The van der Waals surface area contributed by atoms with Crippen LogP contribution < -0.4 is 0 Å². The van der Waals surface area contributed by atoms with Gasteiger partial charge in [-0.3, -0.25) is 4.79 Å². The highest BCUT2D eigenvalue weighted by atomic mass is 16.1. The van der Waals surface area contributed by atoms with Crippen LogP contribution in [0.4, 0.5) is 0 Å². The highest BCUT2D eigenvalue weighted by Gasteiger charge is 2.16. The summed E-state index contributed by atoms with van der Waals surface area (Å²) in [5, 5.41) is 0. The number of ketones is 1. The van der Waals surface area contributed by atoms with E-state index >= 15 is 0 Å². The molecule has 0 heterocycles. The fourth-order valence-electron chi connectivity index (χ4n) is 2.05. The lowest BCUT2D eigenvalue weighted by atomic mass is 9.92. The van der Waals surface area contributed by atoms with Crippen molar-refractivity contribution in [2.24, 2.45) is 0 Å². The second-order valence-electron chi connectivity index (χ2n) is 4.55. The molecule has 0 saturated carbocycles. The average Bonchev–Trinajstić information content (AvgIpc) is 2.47. The van der Waals surface area contributed by atoms with Crippen molar-refractivity contribution in [1.82, 2.24) is 0 Å². The van der Waals surface area contributed by atoms with Crippen LogP contribution in [0.5, 0.6) is 0 Å². The van der Waals surface area contributed by atoms with Gasteiger partial charge in [0.25, 0.3) is 0 Å². The van der Waals surface area contributed by atoms with Crippen LogP contribution in [0.25, 0.3) is 0 Å². The molecule has 92 valence electrons. The molecule has 2 aromatic carbocycles. The Morgan fingerprint density at radius 2 is 1.61 bits per heavy atom. The van der Waals surface area contributed by atoms with Gasteiger partial charge in [-0.25, -0.2) is 0 Å². The molecule has 1 unspecified atom stereocenters. The number of hydrogen-bond acceptors (Lipinski definition) is 1. The van der Waals surface area contributed by atoms with Crippen LogP contribution in [-0.4, -0.2) is 5.78 Å². The van der Waals surface area contributed by atoms with Crippen molar-refractivity contribution in [2.45, 2.75) is 26.2 Å². The van der Waals surface area contributed by atoms with E-state index in [0.717, 1.165) is 17.5 Å². The summed E-state index contributed by atoms with van der Waals surface area (Å²) in [5.41, 5.74) is 3.17. The standard InChI is InChI=1S/C17H18O/c1-3-14-9-11-15(12-10-14)13(2)17(18)16-7-5-4-6-8-16/h4-13H,3H2,1-2H3. The molecule has 0 bridgehead atoms. The average molecular weight is 238 g/mol. The third-order valence-corrected chi connectivity index (χ3v) is 3.34. The Hall–Kier alpha value is -1.89. The number of carbonyl (C=O) groups is 1. The summed E-state index contributed by atoms with van der Waals surface area (Å²) in [7, 11) is 0. The van der Waals surface area contributed by atoms with E-state index < -0.39 is 0 Å². The Morgan fingerprint density at radius 1 is 1.00 bits per heavy atom. The van der Waals surface area contributed by atoms with Crippen molar-refractivity contribution < 1.29 is 4.79 Å². The van der Waals surface area contributed by atoms with Gasteiger partial charge >= 0.3 is 0 Å². The van der Waals surface area contributed by atoms with Crippen LogP contribution in [0.1, 0.15) is 41.3 Å². The molecule has 18 heavy (non-hydrogen) atoms. The third kappa shape index (κ3) is 2.67. The van der Waals surface area contributed by atoms with Gasteiger partial charge in [-0.05, 0) is 17.5 Å². The van der Waals surface area contributed by atoms with Crippen LogP contribution in [0, 0.1) is 0 Å². The van der Waals surface area contributed by atoms with E-state index in [9.17, 15) is 4.79 Å². The summed E-state index contributed by atoms with van der Waals surface area (Å²) in [4.78, 5) is 12.3. The van der Waals surface area contributed by atoms with Crippen molar-refractivity contribution in [3.05, 3.63) is 71.3 Å². The van der Waals surface area contributed by atoms with Gasteiger partial charge in [-0.1, -0.05) is 68.4 Å². The van der Waals surface area contributed by atoms with Crippen molar-refractivity contribution in [2.75, 3.05) is 0 Å². The summed E-state index contributed by atoms with van der Waals surface area (Å²) < 4.78 is 0. The summed E-state index contributed by atoms with van der Waals surface area (Å²) in [6.45, 7) is 4.10. The minimum absolute atomic E-state index is 0.0849. The quantitative estimate of drug-likeness (QED) is 0.728. The molecule has 0 saturated heterocycles. The maximum Gasteiger partial charge on any atom is 0.170 e. The molecule has 1 nitrogen and oxygen atoms in total. The highest BCUT2D eigenvalue weighted by Crippen LogP contribution is 2.21. The van der Waals surface area contributed by atoms with Crippen molar-refractivity contribution in [1.29, 1.82) is 0 Å². The lowest BCUT2D eigenvalue weighted by Crippen LogP contribution is -2.09. The van der Waals surface area contributed by atoms with E-state index in [0.29, 0.717) is 0 Å². The van der Waals surface area contributed by atoms with Crippen molar-refractivity contribution in [3.8, 4) is 0 Å². The van der Waals surface area contributed by atoms with Crippen LogP contribution in [0.2, 0.25) is 0 Å². The Labute approximate surface area is 108 Å². The van der Waals surface area contributed by atoms with E-state index in [2.05, 4.69) is 31.2 Å². The van der Waals surface area contributed by atoms with Gasteiger partial charge in [0, 0.05) is 11.5 Å². The normalized spacial score (nSPS) is 12.1.